The zero-order valence-corrected chi connectivity index (χ0v) is 7.91. The van der Waals surface area contributed by atoms with E-state index in [1.807, 2.05) is 6.92 Å². The highest BCUT2D eigenvalue weighted by molar-refractivity contribution is 4.94. The zero-order chi connectivity index (χ0) is 8.53. The second kappa shape index (κ2) is 7.45. The fourth-order valence-corrected chi connectivity index (χ4v) is 0.786. The molecule has 2 heteroatoms. The molecule has 0 fully saturated rings. The first-order valence-corrected chi connectivity index (χ1v) is 4.49. The van der Waals surface area contributed by atoms with Gasteiger partial charge >= 0.3 is 0 Å². The molecular weight excluding hydrogens is 136 g/mol. The summed E-state index contributed by atoms with van der Waals surface area (Å²) in [6.45, 7) is 8.48. The lowest BCUT2D eigenvalue weighted by atomic mass is 10.4. The van der Waals surface area contributed by atoms with Crippen LogP contribution in [0.4, 0.5) is 0 Å². The first-order valence-electron chi connectivity index (χ1n) is 4.49. The van der Waals surface area contributed by atoms with Crippen molar-refractivity contribution in [3.63, 3.8) is 0 Å². The molecule has 0 aliphatic carbocycles. The van der Waals surface area contributed by atoms with Gasteiger partial charge in [-0.1, -0.05) is 13.8 Å². The Hall–Kier alpha value is -0.660. The fraction of sp³-hybridized carbons (Fsp3) is 0.778. The van der Waals surface area contributed by atoms with Crippen molar-refractivity contribution in [3.8, 4) is 0 Å². The van der Waals surface area contributed by atoms with Crippen LogP contribution in [0, 0.1) is 0 Å². The third-order valence-electron chi connectivity index (χ3n) is 1.42. The molecule has 0 rings (SSSR count). The summed E-state index contributed by atoms with van der Waals surface area (Å²) in [5.74, 6) is 1.16. The van der Waals surface area contributed by atoms with Crippen LogP contribution in [0.2, 0.25) is 0 Å². The SMILES string of the molecule is CC=C(NCCC)NCCC. The first-order chi connectivity index (χ1) is 5.35. The molecule has 0 aliphatic rings. The Morgan fingerprint density at radius 2 is 1.55 bits per heavy atom. The molecule has 0 saturated carbocycles. The van der Waals surface area contributed by atoms with Gasteiger partial charge < -0.3 is 10.6 Å². The fourth-order valence-electron chi connectivity index (χ4n) is 0.786. The Morgan fingerprint density at radius 1 is 1.09 bits per heavy atom. The molecule has 0 heterocycles. The minimum absolute atomic E-state index is 1.05. The Labute approximate surface area is 70.1 Å². The number of nitrogens with one attached hydrogen (secondary N) is 2. The van der Waals surface area contributed by atoms with E-state index in [1.165, 1.54) is 12.8 Å². The largest absolute Gasteiger partial charge is 0.372 e. The molecule has 0 aromatic heterocycles. The second-order valence-electron chi connectivity index (χ2n) is 2.56. The average Bonchev–Trinajstić information content (AvgIpc) is 2.05. The quantitative estimate of drug-likeness (QED) is 0.613. The van der Waals surface area contributed by atoms with Crippen LogP contribution in [0.1, 0.15) is 33.6 Å². The van der Waals surface area contributed by atoms with Crippen LogP contribution in [-0.4, -0.2) is 13.1 Å². The molecule has 0 aliphatic heterocycles. The summed E-state index contributed by atoms with van der Waals surface area (Å²) < 4.78 is 0. The lowest BCUT2D eigenvalue weighted by Gasteiger charge is -2.11. The molecule has 0 bridgehead atoms. The van der Waals surface area contributed by atoms with Crippen LogP contribution < -0.4 is 10.6 Å². The Morgan fingerprint density at radius 3 is 1.82 bits per heavy atom. The van der Waals surface area contributed by atoms with Crippen molar-refractivity contribution in [1.29, 1.82) is 0 Å². The van der Waals surface area contributed by atoms with Crippen LogP contribution in [0.5, 0.6) is 0 Å². The monoisotopic (exact) mass is 156 g/mol. The van der Waals surface area contributed by atoms with Crippen LogP contribution in [0.25, 0.3) is 0 Å². The van der Waals surface area contributed by atoms with Gasteiger partial charge in [0.1, 0.15) is 0 Å². The normalized spacial score (nSPS) is 9.00. The second-order valence-corrected chi connectivity index (χ2v) is 2.56. The summed E-state index contributed by atoms with van der Waals surface area (Å²) >= 11 is 0. The zero-order valence-electron chi connectivity index (χ0n) is 7.91. The molecule has 0 unspecified atom stereocenters. The van der Waals surface area contributed by atoms with E-state index in [-0.39, 0.29) is 0 Å². The number of allylic oxidation sites excluding steroid dienone is 1. The van der Waals surface area contributed by atoms with Gasteiger partial charge in [-0.25, -0.2) is 0 Å². The summed E-state index contributed by atoms with van der Waals surface area (Å²) in [5.41, 5.74) is 0. The molecule has 0 saturated heterocycles. The highest BCUT2D eigenvalue weighted by Crippen LogP contribution is 1.84. The Balaban J connectivity index is 3.43. The third kappa shape index (κ3) is 5.77. The molecule has 11 heavy (non-hydrogen) atoms. The smallest absolute Gasteiger partial charge is 0.0942 e. The van der Waals surface area contributed by atoms with Crippen LogP contribution in [0.15, 0.2) is 11.9 Å². The van der Waals surface area contributed by atoms with E-state index in [4.69, 9.17) is 0 Å². The van der Waals surface area contributed by atoms with E-state index >= 15 is 0 Å². The van der Waals surface area contributed by atoms with Crippen LogP contribution >= 0.6 is 0 Å². The molecule has 0 aromatic rings. The molecule has 0 aromatic carbocycles. The van der Waals surface area contributed by atoms with Crippen molar-refractivity contribution in [2.45, 2.75) is 33.6 Å². The number of hydrogen-bond donors (Lipinski definition) is 2. The molecule has 0 amide bonds. The maximum Gasteiger partial charge on any atom is 0.0942 e. The average molecular weight is 156 g/mol. The summed E-state index contributed by atoms with van der Waals surface area (Å²) in [7, 11) is 0. The predicted molar refractivity (Wildman–Crippen MR) is 50.3 cm³/mol. The van der Waals surface area contributed by atoms with E-state index in [0.717, 1.165) is 18.9 Å². The topological polar surface area (TPSA) is 24.1 Å². The third-order valence-corrected chi connectivity index (χ3v) is 1.42. The first kappa shape index (κ1) is 10.3. The van der Waals surface area contributed by atoms with Crippen molar-refractivity contribution in [2.24, 2.45) is 0 Å². The van der Waals surface area contributed by atoms with E-state index in [1.54, 1.807) is 0 Å². The van der Waals surface area contributed by atoms with Gasteiger partial charge in [0.05, 0.1) is 5.82 Å². The van der Waals surface area contributed by atoms with Crippen molar-refractivity contribution >= 4 is 0 Å². The van der Waals surface area contributed by atoms with Crippen molar-refractivity contribution in [1.82, 2.24) is 10.6 Å². The van der Waals surface area contributed by atoms with Gasteiger partial charge in [-0.2, -0.15) is 0 Å². The van der Waals surface area contributed by atoms with Crippen LogP contribution in [-0.2, 0) is 0 Å². The van der Waals surface area contributed by atoms with E-state index in [0.29, 0.717) is 0 Å². The maximum absolute atomic E-state index is 3.30. The standard InChI is InChI=1S/C9H20N2/c1-4-7-10-9(6-3)11-8-5-2/h6,10-11H,4-5,7-8H2,1-3H3. The minimum Gasteiger partial charge on any atom is -0.372 e. The summed E-state index contributed by atoms with van der Waals surface area (Å²) in [6, 6.07) is 0. The van der Waals surface area contributed by atoms with Gasteiger partial charge in [-0.05, 0) is 25.8 Å². The van der Waals surface area contributed by atoms with Crippen LogP contribution in [0.3, 0.4) is 0 Å². The van der Waals surface area contributed by atoms with Gasteiger partial charge in [0.25, 0.3) is 0 Å². The number of rotatable bonds is 6. The summed E-state index contributed by atoms with van der Waals surface area (Å²) in [6.07, 6.45) is 4.42. The van der Waals surface area contributed by atoms with Gasteiger partial charge in [0.2, 0.25) is 0 Å². The molecule has 2 N–H and O–H groups in total. The lowest BCUT2D eigenvalue weighted by molar-refractivity contribution is 0.661. The van der Waals surface area contributed by atoms with Gasteiger partial charge in [0.15, 0.2) is 0 Å². The van der Waals surface area contributed by atoms with E-state index in [2.05, 4.69) is 30.6 Å². The maximum atomic E-state index is 3.30. The minimum atomic E-state index is 1.05. The van der Waals surface area contributed by atoms with Crippen molar-refractivity contribution in [2.75, 3.05) is 13.1 Å². The molecule has 2 nitrogen and oxygen atoms in total. The number of hydrogen-bond acceptors (Lipinski definition) is 2. The summed E-state index contributed by atoms with van der Waals surface area (Å²) in [5, 5.41) is 6.61. The van der Waals surface area contributed by atoms with Crippen molar-refractivity contribution in [3.05, 3.63) is 11.9 Å². The van der Waals surface area contributed by atoms with Crippen molar-refractivity contribution < 1.29 is 0 Å². The molecule has 0 atom stereocenters. The summed E-state index contributed by atoms with van der Waals surface area (Å²) in [4.78, 5) is 0. The molecule has 0 spiro atoms. The Kier molecular flexibility index (Phi) is 7.00. The molecule has 66 valence electrons. The van der Waals surface area contributed by atoms with Gasteiger partial charge in [-0.3, -0.25) is 0 Å². The highest BCUT2D eigenvalue weighted by atomic mass is 15.1. The molecular formula is C9H20N2. The predicted octanol–water partition coefficient (Wildman–Crippen LogP) is 1.85. The lowest BCUT2D eigenvalue weighted by Crippen LogP contribution is -2.27. The van der Waals surface area contributed by atoms with Gasteiger partial charge in [-0.15, -0.1) is 0 Å². The Bertz CT molecular complexity index is 98.1. The van der Waals surface area contributed by atoms with Gasteiger partial charge in [0, 0.05) is 13.1 Å². The highest BCUT2D eigenvalue weighted by Gasteiger charge is 1.89. The van der Waals surface area contributed by atoms with E-state index in [9.17, 15) is 0 Å². The molecule has 0 radical (unpaired) electrons. The van der Waals surface area contributed by atoms with E-state index < -0.39 is 0 Å².